The number of thioether (sulfide) groups is 1. The summed E-state index contributed by atoms with van der Waals surface area (Å²) in [5.41, 5.74) is 10.6. The number of anilines is 1. The molecule has 0 saturated heterocycles. The molecule has 0 spiro atoms. The molecule has 1 nitrogen and oxygen atoms in total. The van der Waals surface area contributed by atoms with E-state index in [2.05, 4.69) is 32.0 Å². The number of nitrogen functional groups attached to an aromatic ring is 1. The van der Waals surface area contributed by atoms with Gasteiger partial charge in [-0.05, 0) is 31.5 Å². The summed E-state index contributed by atoms with van der Waals surface area (Å²) < 4.78 is 0. The summed E-state index contributed by atoms with van der Waals surface area (Å²) >= 11 is 7.84. The van der Waals surface area contributed by atoms with E-state index in [1.807, 2.05) is 18.2 Å². The molecule has 3 heteroatoms. The fraction of sp³-hybridized carbons (Fsp3) is 0.200. The lowest BCUT2D eigenvalue weighted by molar-refractivity contribution is 1.29. The summed E-state index contributed by atoms with van der Waals surface area (Å²) in [5, 5.41) is 0.726. The van der Waals surface area contributed by atoms with Crippen molar-refractivity contribution >= 4 is 29.1 Å². The first-order chi connectivity index (χ1) is 8.56. The van der Waals surface area contributed by atoms with Crippen molar-refractivity contribution in [2.24, 2.45) is 0 Å². The molecule has 0 unspecified atom stereocenters. The topological polar surface area (TPSA) is 26.0 Å². The maximum Gasteiger partial charge on any atom is 0.0562 e. The van der Waals surface area contributed by atoms with Crippen molar-refractivity contribution in [1.82, 2.24) is 0 Å². The third-order valence-corrected chi connectivity index (χ3v) is 4.31. The van der Waals surface area contributed by atoms with Crippen molar-refractivity contribution in [3.8, 4) is 0 Å². The number of rotatable bonds is 3. The van der Waals surface area contributed by atoms with Gasteiger partial charge >= 0.3 is 0 Å². The van der Waals surface area contributed by atoms with E-state index >= 15 is 0 Å². The number of benzene rings is 2. The molecule has 0 aliphatic rings. The highest BCUT2D eigenvalue weighted by atomic mass is 35.5. The maximum absolute atomic E-state index is 6.16. The molecule has 0 aromatic heterocycles. The number of halogens is 1. The van der Waals surface area contributed by atoms with Crippen molar-refractivity contribution in [1.29, 1.82) is 0 Å². The van der Waals surface area contributed by atoms with E-state index in [1.54, 1.807) is 11.8 Å². The number of aryl methyl sites for hydroxylation is 2. The van der Waals surface area contributed by atoms with Gasteiger partial charge in [0.25, 0.3) is 0 Å². The minimum atomic E-state index is 0.726. The van der Waals surface area contributed by atoms with E-state index < -0.39 is 0 Å². The second-order valence-corrected chi connectivity index (χ2v) is 5.84. The molecule has 0 aliphatic carbocycles. The lowest BCUT2D eigenvalue weighted by Crippen LogP contribution is -1.90. The van der Waals surface area contributed by atoms with E-state index in [0.29, 0.717) is 0 Å². The molecule has 2 aromatic rings. The summed E-state index contributed by atoms with van der Waals surface area (Å²) in [6.45, 7) is 4.23. The van der Waals surface area contributed by atoms with Gasteiger partial charge in [0, 0.05) is 16.3 Å². The predicted molar refractivity (Wildman–Crippen MR) is 81.3 cm³/mol. The first-order valence-corrected chi connectivity index (χ1v) is 7.16. The predicted octanol–water partition coefficient (Wildman–Crippen LogP) is 4.83. The SMILES string of the molecule is Cc1cc(C)cc(CSc2c(N)cccc2Cl)c1. The van der Waals surface area contributed by atoms with Gasteiger partial charge in [-0.1, -0.05) is 47.0 Å². The molecule has 0 radical (unpaired) electrons. The van der Waals surface area contributed by atoms with Crippen molar-refractivity contribution in [3.05, 3.63) is 58.1 Å². The van der Waals surface area contributed by atoms with Crippen LogP contribution in [0.1, 0.15) is 16.7 Å². The van der Waals surface area contributed by atoms with Crippen molar-refractivity contribution in [3.63, 3.8) is 0 Å². The van der Waals surface area contributed by atoms with Crippen LogP contribution < -0.4 is 5.73 Å². The number of hydrogen-bond acceptors (Lipinski definition) is 2. The second kappa shape index (κ2) is 5.68. The fourth-order valence-corrected chi connectivity index (χ4v) is 3.25. The molecule has 0 fully saturated rings. The molecule has 0 saturated carbocycles. The molecule has 2 rings (SSSR count). The Labute approximate surface area is 117 Å². The van der Waals surface area contributed by atoms with Crippen molar-refractivity contribution in [2.75, 3.05) is 5.73 Å². The van der Waals surface area contributed by atoms with E-state index in [4.69, 9.17) is 17.3 Å². The van der Waals surface area contributed by atoms with Crippen LogP contribution in [0.15, 0.2) is 41.3 Å². The molecule has 2 aromatic carbocycles. The van der Waals surface area contributed by atoms with Gasteiger partial charge in [-0.25, -0.2) is 0 Å². The zero-order chi connectivity index (χ0) is 13.1. The molecule has 2 N–H and O–H groups in total. The zero-order valence-electron chi connectivity index (χ0n) is 10.5. The summed E-state index contributed by atoms with van der Waals surface area (Å²) in [5.74, 6) is 0.885. The van der Waals surface area contributed by atoms with E-state index in [-0.39, 0.29) is 0 Å². The smallest absolute Gasteiger partial charge is 0.0562 e. The Hall–Kier alpha value is -1.12. The number of nitrogens with two attached hydrogens (primary N) is 1. The van der Waals surface area contributed by atoms with Crippen molar-refractivity contribution in [2.45, 2.75) is 24.5 Å². The molecule has 0 bridgehead atoms. The third-order valence-electron chi connectivity index (χ3n) is 2.66. The van der Waals surface area contributed by atoms with Crippen molar-refractivity contribution < 1.29 is 0 Å². The molecule has 0 atom stereocenters. The number of hydrogen-bond donors (Lipinski definition) is 1. The van der Waals surface area contributed by atoms with Crippen LogP contribution in [0.4, 0.5) is 5.69 Å². The van der Waals surface area contributed by atoms with Crippen LogP contribution in [0.2, 0.25) is 5.02 Å². The van der Waals surface area contributed by atoms with Gasteiger partial charge < -0.3 is 5.73 Å². The Bertz CT molecular complexity index is 526. The van der Waals surface area contributed by atoms with Gasteiger partial charge in [0.2, 0.25) is 0 Å². The Balaban J connectivity index is 2.16. The Morgan fingerprint density at radius 1 is 1.11 bits per heavy atom. The van der Waals surface area contributed by atoms with Crippen LogP contribution in [0.3, 0.4) is 0 Å². The molecule has 18 heavy (non-hydrogen) atoms. The summed E-state index contributed by atoms with van der Waals surface area (Å²) in [4.78, 5) is 0.971. The Morgan fingerprint density at radius 3 is 2.39 bits per heavy atom. The monoisotopic (exact) mass is 277 g/mol. The minimum absolute atomic E-state index is 0.726. The molecule has 94 valence electrons. The van der Waals surface area contributed by atoms with Crippen LogP contribution in [0.25, 0.3) is 0 Å². The zero-order valence-corrected chi connectivity index (χ0v) is 12.1. The lowest BCUT2D eigenvalue weighted by Gasteiger charge is -2.08. The van der Waals surface area contributed by atoms with Gasteiger partial charge in [0.05, 0.1) is 5.02 Å². The average Bonchev–Trinajstić information content (AvgIpc) is 2.27. The highest BCUT2D eigenvalue weighted by Gasteiger charge is 2.06. The van der Waals surface area contributed by atoms with Crippen LogP contribution >= 0.6 is 23.4 Å². The van der Waals surface area contributed by atoms with Crippen LogP contribution in [-0.2, 0) is 5.75 Å². The summed E-state index contributed by atoms with van der Waals surface area (Å²) in [6, 6.07) is 12.2. The summed E-state index contributed by atoms with van der Waals surface area (Å²) in [7, 11) is 0. The normalized spacial score (nSPS) is 10.6. The van der Waals surface area contributed by atoms with E-state index in [9.17, 15) is 0 Å². The quantitative estimate of drug-likeness (QED) is 0.642. The highest BCUT2D eigenvalue weighted by Crippen LogP contribution is 2.34. The third kappa shape index (κ3) is 3.21. The first kappa shape index (κ1) is 13.3. The first-order valence-electron chi connectivity index (χ1n) is 5.80. The van der Waals surface area contributed by atoms with E-state index in [1.165, 1.54) is 16.7 Å². The maximum atomic E-state index is 6.16. The standard InChI is InChI=1S/C15H16ClNS/c1-10-6-11(2)8-12(7-10)9-18-15-13(16)4-3-5-14(15)17/h3-8H,9,17H2,1-2H3. The van der Waals surface area contributed by atoms with Crippen LogP contribution in [0.5, 0.6) is 0 Å². The molecule has 0 heterocycles. The Kier molecular flexibility index (Phi) is 4.20. The Morgan fingerprint density at radius 2 is 1.78 bits per heavy atom. The van der Waals surface area contributed by atoms with Crippen LogP contribution in [-0.4, -0.2) is 0 Å². The van der Waals surface area contributed by atoms with Gasteiger partial charge in [0.1, 0.15) is 0 Å². The molecule has 0 amide bonds. The molecular formula is C15H16ClNS. The van der Waals surface area contributed by atoms with Gasteiger partial charge in [-0.15, -0.1) is 11.8 Å². The van der Waals surface area contributed by atoms with Gasteiger partial charge in [-0.2, -0.15) is 0 Å². The molecule has 0 aliphatic heterocycles. The molecular weight excluding hydrogens is 262 g/mol. The largest absolute Gasteiger partial charge is 0.398 e. The highest BCUT2D eigenvalue weighted by molar-refractivity contribution is 7.98. The van der Waals surface area contributed by atoms with Gasteiger partial charge in [0.15, 0.2) is 0 Å². The van der Waals surface area contributed by atoms with E-state index in [0.717, 1.165) is 21.4 Å². The lowest BCUT2D eigenvalue weighted by atomic mass is 10.1. The van der Waals surface area contributed by atoms with Crippen LogP contribution in [0, 0.1) is 13.8 Å². The average molecular weight is 278 g/mol. The minimum Gasteiger partial charge on any atom is -0.398 e. The fourth-order valence-electron chi connectivity index (χ4n) is 1.99. The summed E-state index contributed by atoms with van der Waals surface area (Å²) in [6.07, 6.45) is 0. The second-order valence-electron chi connectivity index (χ2n) is 4.44. The van der Waals surface area contributed by atoms with Gasteiger partial charge in [-0.3, -0.25) is 0 Å².